The first-order valence-electron chi connectivity index (χ1n) is 8.57. The number of benzene rings is 1. The molecule has 2 aromatic heterocycles. The first kappa shape index (κ1) is 14.9. The van der Waals surface area contributed by atoms with E-state index in [2.05, 4.69) is 33.5 Å². The maximum absolute atomic E-state index is 12.5. The van der Waals surface area contributed by atoms with Crippen LogP contribution in [0.2, 0.25) is 0 Å². The zero-order valence-electron chi connectivity index (χ0n) is 13.8. The van der Waals surface area contributed by atoms with Gasteiger partial charge in [0.2, 0.25) is 0 Å². The third-order valence-corrected chi connectivity index (χ3v) is 4.85. The summed E-state index contributed by atoms with van der Waals surface area (Å²) in [5, 5.41) is 3.08. The number of H-pyrrole nitrogens is 1. The summed E-state index contributed by atoms with van der Waals surface area (Å²) in [5.74, 6) is -0.0989. The zero-order valence-corrected chi connectivity index (χ0v) is 13.8. The predicted molar refractivity (Wildman–Crippen MR) is 95.1 cm³/mol. The Labute approximate surface area is 141 Å². The number of carbonyl (C=O) groups excluding carboxylic acids is 1. The molecule has 4 nitrogen and oxygen atoms in total. The van der Waals surface area contributed by atoms with Crippen LogP contribution in [0.5, 0.6) is 0 Å². The van der Waals surface area contributed by atoms with Crippen LogP contribution in [0.25, 0.3) is 11.0 Å². The summed E-state index contributed by atoms with van der Waals surface area (Å²) in [6.07, 6.45) is 6.61. The van der Waals surface area contributed by atoms with Crippen molar-refractivity contribution in [1.82, 2.24) is 15.3 Å². The highest BCUT2D eigenvalue weighted by molar-refractivity contribution is 5.97. The molecule has 0 aliphatic heterocycles. The fourth-order valence-corrected chi connectivity index (χ4v) is 3.46. The lowest BCUT2D eigenvalue weighted by molar-refractivity contribution is 0.0935. The summed E-state index contributed by atoms with van der Waals surface area (Å²) in [7, 11) is 0. The molecule has 0 saturated heterocycles. The standard InChI is InChI=1S/C20H21N3O/c1-13(15-9-8-14-5-2-3-6-16(14)11-15)22-20(24)19-12-18-17(23-19)7-4-10-21-18/h4,7-13,23H,2-3,5-6H2,1H3,(H,22,24). The van der Waals surface area contributed by atoms with Gasteiger partial charge >= 0.3 is 0 Å². The minimum absolute atomic E-state index is 0.0240. The molecule has 1 atom stereocenters. The molecule has 0 saturated carbocycles. The molecule has 1 aromatic carbocycles. The van der Waals surface area contributed by atoms with E-state index < -0.39 is 0 Å². The van der Waals surface area contributed by atoms with Crippen molar-refractivity contribution in [1.29, 1.82) is 0 Å². The van der Waals surface area contributed by atoms with Crippen molar-refractivity contribution in [3.63, 3.8) is 0 Å². The fraction of sp³-hybridized carbons (Fsp3) is 0.300. The summed E-state index contributed by atoms with van der Waals surface area (Å²) in [5.41, 5.74) is 6.31. The van der Waals surface area contributed by atoms with Crippen molar-refractivity contribution in [2.75, 3.05) is 0 Å². The molecule has 1 unspecified atom stereocenters. The molecular weight excluding hydrogens is 298 g/mol. The summed E-state index contributed by atoms with van der Waals surface area (Å²) >= 11 is 0. The van der Waals surface area contributed by atoms with Gasteiger partial charge < -0.3 is 10.3 Å². The molecule has 122 valence electrons. The van der Waals surface area contributed by atoms with Gasteiger partial charge in [-0.3, -0.25) is 9.78 Å². The van der Waals surface area contributed by atoms with E-state index in [9.17, 15) is 4.79 Å². The van der Waals surface area contributed by atoms with Crippen molar-refractivity contribution < 1.29 is 4.79 Å². The van der Waals surface area contributed by atoms with Crippen molar-refractivity contribution in [2.24, 2.45) is 0 Å². The number of hydrogen-bond donors (Lipinski definition) is 2. The zero-order chi connectivity index (χ0) is 16.5. The van der Waals surface area contributed by atoms with E-state index in [0.717, 1.165) is 17.5 Å². The van der Waals surface area contributed by atoms with Crippen LogP contribution in [-0.2, 0) is 12.8 Å². The van der Waals surface area contributed by atoms with E-state index in [-0.39, 0.29) is 11.9 Å². The van der Waals surface area contributed by atoms with Gasteiger partial charge in [0, 0.05) is 6.20 Å². The Bertz CT molecular complexity index is 864. The van der Waals surface area contributed by atoms with Crippen LogP contribution in [0, 0.1) is 0 Å². The molecule has 1 amide bonds. The molecule has 0 spiro atoms. The average Bonchev–Trinajstić information content (AvgIpc) is 3.05. The van der Waals surface area contributed by atoms with Gasteiger partial charge in [0.15, 0.2) is 0 Å². The second-order valence-electron chi connectivity index (χ2n) is 6.55. The van der Waals surface area contributed by atoms with Crippen molar-refractivity contribution in [3.8, 4) is 0 Å². The topological polar surface area (TPSA) is 57.8 Å². The van der Waals surface area contributed by atoms with Gasteiger partial charge in [-0.25, -0.2) is 0 Å². The number of pyridine rings is 1. The summed E-state index contributed by atoms with van der Waals surface area (Å²) in [6.45, 7) is 2.03. The molecule has 3 aromatic rings. The maximum Gasteiger partial charge on any atom is 0.268 e. The number of aromatic nitrogens is 2. The van der Waals surface area contributed by atoms with E-state index in [1.807, 2.05) is 19.1 Å². The van der Waals surface area contributed by atoms with Gasteiger partial charge in [-0.2, -0.15) is 0 Å². The highest BCUT2D eigenvalue weighted by atomic mass is 16.1. The molecule has 0 bridgehead atoms. The number of nitrogens with zero attached hydrogens (tertiary/aromatic N) is 1. The maximum atomic E-state index is 12.5. The van der Waals surface area contributed by atoms with Crippen molar-refractivity contribution in [3.05, 3.63) is 65.0 Å². The highest BCUT2D eigenvalue weighted by Crippen LogP contribution is 2.25. The number of rotatable bonds is 3. The smallest absolute Gasteiger partial charge is 0.268 e. The van der Waals surface area contributed by atoms with E-state index in [4.69, 9.17) is 0 Å². The molecule has 4 rings (SSSR count). The van der Waals surface area contributed by atoms with Gasteiger partial charge in [0.1, 0.15) is 5.69 Å². The Hall–Kier alpha value is -2.62. The molecule has 2 heterocycles. The third kappa shape index (κ3) is 2.80. The molecule has 1 aliphatic carbocycles. The number of carbonyl (C=O) groups is 1. The Morgan fingerprint density at radius 3 is 2.83 bits per heavy atom. The van der Waals surface area contributed by atoms with Crippen LogP contribution in [0.1, 0.15) is 53.0 Å². The van der Waals surface area contributed by atoms with E-state index in [1.54, 1.807) is 12.3 Å². The molecule has 0 fully saturated rings. The van der Waals surface area contributed by atoms with Gasteiger partial charge in [-0.05, 0) is 67.5 Å². The first-order valence-corrected chi connectivity index (χ1v) is 8.57. The Kier molecular flexibility index (Phi) is 3.81. The van der Waals surface area contributed by atoms with Gasteiger partial charge in [-0.1, -0.05) is 18.2 Å². The lowest BCUT2D eigenvalue weighted by atomic mass is 9.89. The molecule has 2 N–H and O–H groups in total. The van der Waals surface area contributed by atoms with E-state index in [0.29, 0.717) is 5.69 Å². The monoisotopic (exact) mass is 319 g/mol. The molecule has 1 aliphatic rings. The Balaban J connectivity index is 1.52. The number of aromatic amines is 1. The molecule has 4 heteroatoms. The number of nitrogens with one attached hydrogen (secondary N) is 2. The van der Waals surface area contributed by atoms with Gasteiger partial charge in [0.25, 0.3) is 5.91 Å². The number of amides is 1. The largest absolute Gasteiger partial charge is 0.349 e. The normalized spacial score (nSPS) is 15.0. The second-order valence-corrected chi connectivity index (χ2v) is 6.55. The molecule has 24 heavy (non-hydrogen) atoms. The van der Waals surface area contributed by atoms with Gasteiger partial charge in [0.05, 0.1) is 17.1 Å². The second kappa shape index (κ2) is 6.11. The SMILES string of the molecule is CC(NC(=O)c1cc2ncccc2[nH]1)c1ccc2c(c1)CCCC2. The average molecular weight is 319 g/mol. The van der Waals surface area contributed by atoms with E-state index >= 15 is 0 Å². The minimum Gasteiger partial charge on any atom is -0.349 e. The van der Waals surface area contributed by atoms with Crippen LogP contribution >= 0.6 is 0 Å². The minimum atomic E-state index is -0.0989. The van der Waals surface area contributed by atoms with Crippen LogP contribution < -0.4 is 5.32 Å². The Morgan fingerprint density at radius 2 is 2.00 bits per heavy atom. The highest BCUT2D eigenvalue weighted by Gasteiger charge is 2.16. The van der Waals surface area contributed by atoms with Crippen molar-refractivity contribution >= 4 is 16.9 Å². The van der Waals surface area contributed by atoms with Crippen LogP contribution in [0.4, 0.5) is 0 Å². The quantitative estimate of drug-likeness (QED) is 0.768. The summed E-state index contributed by atoms with van der Waals surface area (Å²) in [4.78, 5) is 19.9. The Morgan fingerprint density at radius 1 is 1.17 bits per heavy atom. The third-order valence-electron chi connectivity index (χ3n) is 4.85. The molecule has 0 radical (unpaired) electrons. The first-order chi connectivity index (χ1) is 11.7. The number of hydrogen-bond acceptors (Lipinski definition) is 2. The summed E-state index contributed by atoms with van der Waals surface area (Å²) < 4.78 is 0. The van der Waals surface area contributed by atoms with Crippen LogP contribution in [0.3, 0.4) is 0 Å². The van der Waals surface area contributed by atoms with Crippen molar-refractivity contribution in [2.45, 2.75) is 38.6 Å². The predicted octanol–water partition coefficient (Wildman–Crippen LogP) is 3.93. The number of fused-ring (bicyclic) bond motifs is 2. The van der Waals surface area contributed by atoms with E-state index in [1.165, 1.54) is 36.0 Å². The van der Waals surface area contributed by atoms with Crippen LogP contribution in [-0.4, -0.2) is 15.9 Å². The lowest BCUT2D eigenvalue weighted by Crippen LogP contribution is -2.27. The van der Waals surface area contributed by atoms with Crippen LogP contribution in [0.15, 0.2) is 42.6 Å². The fourth-order valence-electron chi connectivity index (χ4n) is 3.46. The molecular formula is C20H21N3O. The summed E-state index contributed by atoms with van der Waals surface area (Å²) in [6, 6.07) is 12.2. The van der Waals surface area contributed by atoms with Gasteiger partial charge in [-0.15, -0.1) is 0 Å². The number of aryl methyl sites for hydroxylation is 2. The lowest BCUT2D eigenvalue weighted by Gasteiger charge is -2.20.